The Morgan fingerprint density at radius 2 is 1.67 bits per heavy atom. The minimum absolute atomic E-state index is 0.147. The van der Waals surface area contributed by atoms with Crippen molar-refractivity contribution in [3.8, 4) is 17.2 Å². The van der Waals surface area contributed by atoms with Gasteiger partial charge in [0.1, 0.15) is 6.54 Å². The maximum absolute atomic E-state index is 12.4. The van der Waals surface area contributed by atoms with Gasteiger partial charge in [-0.05, 0) is 25.1 Å². The van der Waals surface area contributed by atoms with Gasteiger partial charge in [0, 0.05) is 23.4 Å². The number of benzene rings is 2. The van der Waals surface area contributed by atoms with E-state index in [0.29, 0.717) is 5.75 Å². The zero-order chi connectivity index (χ0) is 24.5. The summed E-state index contributed by atoms with van der Waals surface area (Å²) in [5.41, 5.74) is 0.119. The molecule has 0 aromatic heterocycles. The monoisotopic (exact) mass is 461 g/mol. The van der Waals surface area contributed by atoms with Gasteiger partial charge in [-0.15, -0.1) is 0 Å². The quantitative estimate of drug-likeness (QED) is 0.307. The number of carbonyl (C=O) groups excluding carboxylic acids is 3. The molecule has 0 spiro atoms. The van der Waals surface area contributed by atoms with Crippen LogP contribution in [0.5, 0.6) is 17.2 Å². The minimum Gasteiger partial charge on any atom is -0.493 e. The van der Waals surface area contributed by atoms with Crippen LogP contribution in [0.3, 0.4) is 0 Å². The number of nitro groups is 1. The molecule has 0 radical (unpaired) electrons. The van der Waals surface area contributed by atoms with Crippen molar-refractivity contribution in [2.45, 2.75) is 13.0 Å². The number of anilines is 1. The summed E-state index contributed by atoms with van der Waals surface area (Å²) in [7, 11) is 4.22. The molecule has 0 aliphatic rings. The molecule has 0 heterocycles. The lowest BCUT2D eigenvalue weighted by atomic mass is 10.1. The van der Waals surface area contributed by atoms with Gasteiger partial charge >= 0.3 is 5.97 Å². The molecule has 1 unspecified atom stereocenters. The Bertz CT molecular complexity index is 1030. The highest BCUT2D eigenvalue weighted by Gasteiger charge is 2.21. The van der Waals surface area contributed by atoms with Crippen molar-refractivity contribution in [1.82, 2.24) is 5.32 Å². The van der Waals surface area contributed by atoms with Crippen molar-refractivity contribution in [3.05, 3.63) is 52.1 Å². The van der Waals surface area contributed by atoms with Crippen LogP contribution in [0.2, 0.25) is 0 Å². The van der Waals surface area contributed by atoms with Crippen LogP contribution in [0.4, 0.5) is 11.4 Å². The third kappa shape index (κ3) is 6.56. The standard InChI is InChI=1S/C21H23N3O9/c1-12(20(26)23-14-6-5-7-15(10-14)24(28)29)33-18(25)11-22-21(27)13-8-16(30-2)19(32-4)17(9-13)31-3/h5-10,12H,11H2,1-4H3,(H,22,27)(H,23,26). The molecule has 0 aliphatic carbocycles. The van der Waals surface area contributed by atoms with Crippen molar-refractivity contribution in [1.29, 1.82) is 0 Å². The molecule has 0 saturated heterocycles. The molecule has 2 aromatic rings. The van der Waals surface area contributed by atoms with E-state index in [0.717, 1.165) is 0 Å². The molecule has 33 heavy (non-hydrogen) atoms. The van der Waals surface area contributed by atoms with Crippen LogP contribution in [0.1, 0.15) is 17.3 Å². The average molecular weight is 461 g/mol. The summed E-state index contributed by atoms with van der Waals surface area (Å²) in [6.07, 6.45) is -1.21. The third-order valence-corrected chi connectivity index (χ3v) is 4.32. The van der Waals surface area contributed by atoms with E-state index in [1.54, 1.807) is 0 Å². The number of methoxy groups -OCH3 is 3. The van der Waals surface area contributed by atoms with E-state index in [4.69, 9.17) is 18.9 Å². The molecular weight excluding hydrogens is 438 g/mol. The first kappa shape index (κ1) is 24.9. The Hall–Kier alpha value is -4.35. The number of amides is 2. The summed E-state index contributed by atoms with van der Waals surface area (Å²) >= 11 is 0. The van der Waals surface area contributed by atoms with Crippen LogP contribution < -0.4 is 24.8 Å². The van der Waals surface area contributed by atoms with Gasteiger partial charge in [0.2, 0.25) is 5.75 Å². The number of non-ortho nitro benzene ring substituents is 1. The molecule has 2 aromatic carbocycles. The van der Waals surface area contributed by atoms with E-state index in [2.05, 4.69) is 10.6 Å². The fraction of sp³-hybridized carbons (Fsp3) is 0.286. The lowest BCUT2D eigenvalue weighted by Crippen LogP contribution is -2.35. The number of nitrogens with one attached hydrogen (secondary N) is 2. The molecule has 2 rings (SSSR count). The number of ether oxygens (including phenoxy) is 4. The second-order valence-corrected chi connectivity index (χ2v) is 6.53. The van der Waals surface area contributed by atoms with Gasteiger partial charge in [-0.1, -0.05) is 6.07 Å². The summed E-state index contributed by atoms with van der Waals surface area (Å²) in [6, 6.07) is 8.13. The van der Waals surface area contributed by atoms with Crippen molar-refractivity contribution >= 4 is 29.2 Å². The Morgan fingerprint density at radius 1 is 1.03 bits per heavy atom. The van der Waals surface area contributed by atoms with E-state index in [-0.39, 0.29) is 28.4 Å². The number of nitrogens with zero attached hydrogens (tertiary/aromatic N) is 1. The predicted octanol–water partition coefficient (Wildman–Crippen LogP) is 1.92. The normalized spacial score (nSPS) is 11.0. The molecule has 0 fully saturated rings. The largest absolute Gasteiger partial charge is 0.493 e. The van der Waals surface area contributed by atoms with Gasteiger partial charge in [0.05, 0.1) is 26.3 Å². The SMILES string of the molecule is COc1cc(C(=O)NCC(=O)OC(C)C(=O)Nc2cccc([N+](=O)[O-])c2)cc(OC)c1OC. The molecular formula is C21H23N3O9. The van der Waals surface area contributed by atoms with Crippen LogP contribution in [-0.4, -0.2) is 56.7 Å². The van der Waals surface area contributed by atoms with Gasteiger partial charge in [-0.2, -0.15) is 0 Å². The molecule has 0 bridgehead atoms. The number of hydrogen-bond donors (Lipinski definition) is 2. The Balaban J connectivity index is 1.94. The summed E-state index contributed by atoms with van der Waals surface area (Å²) in [5.74, 6) is -1.34. The topological polar surface area (TPSA) is 155 Å². The first-order chi connectivity index (χ1) is 15.7. The zero-order valence-electron chi connectivity index (χ0n) is 18.4. The Kier molecular flexibility index (Phi) is 8.55. The summed E-state index contributed by atoms with van der Waals surface area (Å²) in [4.78, 5) is 46.9. The van der Waals surface area contributed by atoms with Gasteiger partial charge < -0.3 is 29.6 Å². The lowest BCUT2D eigenvalue weighted by molar-refractivity contribution is -0.384. The van der Waals surface area contributed by atoms with Gasteiger partial charge in [-0.25, -0.2) is 0 Å². The minimum atomic E-state index is -1.21. The van der Waals surface area contributed by atoms with Crippen LogP contribution in [-0.2, 0) is 14.3 Å². The fourth-order valence-corrected chi connectivity index (χ4v) is 2.70. The first-order valence-electron chi connectivity index (χ1n) is 9.53. The highest BCUT2D eigenvalue weighted by Crippen LogP contribution is 2.38. The van der Waals surface area contributed by atoms with Crippen molar-refractivity contribution in [2.24, 2.45) is 0 Å². The molecule has 176 valence electrons. The summed E-state index contributed by atoms with van der Waals surface area (Å²) in [5, 5.41) is 15.6. The van der Waals surface area contributed by atoms with Crippen LogP contribution in [0, 0.1) is 10.1 Å². The highest BCUT2D eigenvalue weighted by atomic mass is 16.6. The number of nitro benzene ring substituents is 1. The molecule has 12 heteroatoms. The van der Waals surface area contributed by atoms with Gasteiger partial charge in [0.15, 0.2) is 17.6 Å². The first-order valence-corrected chi connectivity index (χ1v) is 9.53. The van der Waals surface area contributed by atoms with Crippen molar-refractivity contribution < 1.29 is 38.3 Å². The number of esters is 1. The second kappa shape index (κ2) is 11.3. The molecule has 12 nitrogen and oxygen atoms in total. The van der Waals surface area contributed by atoms with E-state index in [1.165, 1.54) is 64.7 Å². The van der Waals surface area contributed by atoms with Crippen LogP contribution in [0.15, 0.2) is 36.4 Å². The molecule has 2 amide bonds. The molecule has 2 N–H and O–H groups in total. The highest BCUT2D eigenvalue weighted by molar-refractivity contribution is 5.98. The molecule has 1 atom stereocenters. The van der Waals surface area contributed by atoms with Crippen LogP contribution >= 0.6 is 0 Å². The lowest BCUT2D eigenvalue weighted by Gasteiger charge is -2.15. The van der Waals surface area contributed by atoms with E-state index in [9.17, 15) is 24.5 Å². The third-order valence-electron chi connectivity index (χ3n) is 4.32. The number of rotatable bonds is 10. The maximum Gasteiger partial charge on any atom is 0.326 e. The van der Waals surface area contributed by atoms with Crippen LogP contribution in [0.25, 0.3) is 0 Å². The molecule has 0 saturated carbocycles. The van der Waals surface area contributed by atoms with E-state index >= 15 is 0 Å². The number of hydrogen-bond acceptors (Lipinski definition) is 9. The average Bonchev–Trinajstić information content (AvgIpc) is 2.81. The van der Waals surface area contributed by atoms with Gasteiger partial charge in [-0.3, -0.25) is 24.5 Å². The summed E-state index contributed by atoms with van der Waals surface area (Å²) < 4.78 is 20.6. The Labute approximate surface area is 188 Å². The second-order valence-electron chi connectivity index (χ2n) is 6.53. The van der Waals surface area contributed by atoms with E-state index < -0.39 is 35.4 Å². The number of carbonyl (C=O) groups is 3. The predicted molar refractivity (Wildman–Crippen MR) is 116 cm³/mol. The summed E-state index contributed by atoms with van der Waals surface area (Å²) in [6.45, 7) is 0.815. The molecule has 0 aliphatic heterocycles. The Morgan fingerprint density at radius 3 is 2.21 bits per heavy atom. The smallest absolute Gasteiger partial charge is 0.326 e. The van der Waals surface area contributed by atoms with E-state index in [1.807, 2.05) is 0 Å². The van der Waals surface area contributed by atoms with Crippen molar-refractivity contribution in [2.75, 3.05) is 33.2 Å². The van der Waals surface area contributed by atoms with Gasteiger partial charge in [0.25, 0.3) is 17.5 Å². The fourth-order valence-electron chi connectivity index (χ4n) is 2.70. The van der Waals surface area contributed by atoms with Crippen molar-refractivity contribution in [3.63, 3.8) is 0 Å². The zero-order valence-corrected chi connectivity index (χ0v) is 18.4. The maximum atomic E-state index is 12.4.